The van der Waals surface area contributed by atoms with Crippen LogP contribution in [0.4, 0.5) is 5.82 Å². The lowest BCUT2D eigenvalue weighted by Gasteiger charge is -2.22. The zero-order valence-corrected chi connectivity index (χ0v) is 13.2. The monoisotopic (exact) mass is 305 g/mol. The second kappa shape index (κ2) is 6.07. The summed E-state index contributed by atoms with van der Waals surface area (Å²) in [7, 11) is -0.439. The fourth-order valence-corrected chi connectivity index (χ4v) is 2.17. The van der Waals surface area contributed by atoms with Crippen LogP contribution in [0.2, 0.25) is 0 Å². The van der Waals surface area contributed by atoms with Gasteiger partial charge in [0.05, 0.1) is 0 Å². The van der Waals surface area contributed by atoms with E-state index in [1.54, 1.807) is 12.1 Å². The van der Waals surface area contributed by atoms with Crippen molar-refractivity contribution in [3.05, 3.63) is 18.3 Å². The molecule has 1 aromatic rings. The van der Waals surface area contributed by atoms with Gasteiger partial charge in [-0.2, -0.15) is 0 Å². The van der Waals surface area contributed by atoms with Crippen LogP contribution in [-0.4, -0.2) is 44.2 Å². The average molecular weight is 306 g/mol. The molecule has 0 aliphatic heterocycles. The number of alkyl halides is 1. The normalized spacial score (nSPS) is 12.7. The first-order valence-corrected chi connectivity index (χ1v) is 7.85. The van der Waals surface area contributed by atoms with E-state index in [-0.39, 0.29) is 10.3 Å². The molecule has 7 heteroatoms. The molecule has 0 unspecified atom stereocenters. The molecule has 5 nitrogen and oxygen atoms in total. The van der Waals surface area contributed by atoms with Crippen LogP contribution >= 0.6 is 11.6 Å². The molecule has 0 fully saturated rings. The number of halogens is 1. The summed E-state index contributed by atoms with van der Waals surface area (Å²) >= 11 is 5.83. The van der Waals surface area contributed by atoms with Gasteiger partial charge in [0, 0.05) is 32.7 Å². The Morgan fingerprint density at radius 3 is 2.42 bits per heavy atom. The number of sulfonamides is 1. The Labute approximate surface area is 120 Å². The van der Waals surface area contributed by atoms with Gasteiger partial charge in [-0.3, -0.25) is 0 Å². The van der Waals surface area contributed by atoms with E-state index in [9.17, 15) is 8.42 Å². The summed E-state index contributed by atoms with van der Waals surface area (Å²) in [5.74, 6) is 1.17. The number of hydrogen-bond acceptors (Lipinski definition) is 4. The smallest absolute Gasteiger partial charge is 0.244 e. The highest BCUT2D eigenvalue weighted by molar-refractivity contribution is 7.89. The van der Waals surface area contributed by atoms with Crippen LogP contribution in [0.3, 0.4) is 0 Å². The number of anilines is 1. The van der Waals surface area contributed by atoms with Gasteiger partial charge in [-0.25, -0.2) is 17.7 Å². The summed E-state index contributed by atoms with van der Waals surface area (Å²) in [5.41, 5.74) is -0.0440. The Morgan fingerprint density at radius 1 is 1.37 bits per heavy atom. The molecule has 0 aliphatic rings. The highest BCUT2D eigenvalue weighted by Gasteiger charge is 2.18. The SMILES string of the molecule is CN(C)S(=O)(=O)c1ccc(NCC(C)(C)CCl)nc1. The van der Waals surface area contributed by atoms with E-state index < -0.39 is 10.0 Å². The van der Waals surface area contributed by atoms with E-state index in [0.717, 1.165) is 4.31 Å². The van der Waals surface area contributed by atoms with Gasteiger partial charge in [0.1, 0.15) is 10.7 Å². The predicted molar refractivity (Wildman–Crippen MR) is 78.1 cm³/mol. The van der Waals surface area contributed by atoms with E-state index >= 15 is 0 Å². The molecule has 19 heavy (non-hydrogen) atoms. The fraction of sp³-hybridized carbons (Fsp3) is 0.583. The Hall–Kier alpha value is -0.850. The molecule has 1 rings (SSSR count). The van der Waals surface area contributed by atoms with Crippen LogP contribution in [-0.2, 0) is 10.0 Å². The maximum Gasteiger partial charge on any atom is 0.244 e. The standard InChI is InChI=1S/C12H20ClN3O2S/c1-12(2,8-13)9-15-11-6-5-10(7-14-11)19(17,18)16(3)4/h5-7H,8-9H2,1-4H3,(H,14,15). The van der Waals surface area contributed by atoms with Gasteiger partial charge < -0.3 is 5.32 Å². The van der Waals surface area contributed by atoms with Gasteiger partial charge in [0.15, 0.2) is 0 Å². The third-order valence-corrected chi connectivity index (χ3v) is 5.15. The molecular weight excluding hydrogens is 286 g/mol. The topological polar surface area (TPSA) is 62.3 Å². The molecule has 0 amide bonds. The van der Waals surface area contributed by atoms with E-state index in [1.807, 2.05) is 13.8 Å². The molecule has 0 saturated heterocycles. The third kappa shape index (κ3) is 4.33. The number of hydrogen-bond donors (Lipinski definition) is 1. The van der Waals surface area contributed by atoms with Crippen molar-refractivity contribution in [3.63, 3.8) is 0 Å². The lowest BCUT2D eigenvalue weighted by atomic mass is 9.97. The molecule has 0 saturated carbocycles. The van der Waals surface area contributed by atoms with Gasteiger partial charge in [-0.05, 0) is 17.5 Å². The molecule has 0 radical (unpaired) electrons. The average Bonchev–Trinajstić information content (AvgIpc) is 2.37. The second-order valence-corrected chi connectivity index (χ2v) is 7.74. The fourth-order valence-electron chi connectivity index (χ4n) is 1.23. The van der Waals surface area contributed by atoms with E-state index in [4.69, 9.17) is 11.6 Å². The maximum atomic E-state index is 11.9. The minimum atomic E-state index is -3.42. The van der Waals surface area contributed by atoms with Gasteiger partial charge in [0.2, 0.25) is 10.0 Å². The van der Waals surface area contributed by atoms with Gasteiger partial charge in [-0.15, -0.1) is 11.6 Å². The van der Waals surface area contributed by atoms with Crippen LogP contribution in [0, 0.1) is 5.41 Å². The second-order valence-electron chi connectivity index (χ2n) is 5.32. The van der Waals surface area contributed by atoms with Crippen LogP contribution in [0.25, 0.3) is 0 Å². The molecule has 0 spiro atoms. The molecule has 0 aliphatic carbocycles. The Kier molecular flexibility index (Phi) is 5.18. The molecule has 108 valence electrons. The van der Waals surface area contributed by atoms with E-state index in [0.29, 0.717) is 18.2 Å². The molecule has 1 aromatic heterocycles. The first kappa shape index (κ1) is 16.2. The summed E-state index contributed by atoms with van der Waals surface area (Å²) in [6.45, 7) is 4.75. The van der Waals surface area contributed by atoms with Crippen LogP contribution < -0.4 is 5.32 Å². The quantitative estimate of drug-likeness (QED) is 0.817. The van der Waals surface area contributed by atoms with Crippen LogP contribution in [0.5, 0.6) is 0 Å². The third-order valence-electron chi connectivity index (χ3n) is 2.62. The molecule has 0 atom stereocenters. The van der Waals surface area contributed by atoms with E-state index in [2.05, 4.69) is 10.3 Å². The van der Waals surface area contributed by atoms with Crippen molar-refractivity contribution < 1.29 is 8.42 Å². The predicted octanol–water partition coefficient (Wildman–Crippen LogP) is 2.01. The largest absolute Gasteiger partial charge is 0.369 e. The molecule has 1 heterocycles. The first-order chi connectivity index (χ1) is 8.69. The number of nitrogens with one attached hydrogen (secondary N) is 1. The Bertz CT molecular complexity index is 512. The van der Waals surface area contributed by atoms with Crippen molar-refractivity contribution in [1.82, 2.24) is 9.29 Å². The van der Waals surface area contributed by atoms with Gasteiger partial charge in [0.25, 0.3) is 0 Å². The van der Waals surface area contributed by atoms with Crippen molar-refractivity contribution in [3.8, 4) is 0 Å². The highest BCUT2D eigenvalue weighted by atomic mass is 35.5. The van der Waals surface area contributed by atoms with Crippen molar-refractivity contribution >= 4 is 27.4 Å². The minimum absolute atomic E-state index is 0.0440. The van der Waals surface area contributed by atoms with Crippen LogP contribution in [0.15, 0.2) is 23.2 Å². The lowest BCUT2D eigenvalue weighted by Crippen LogP contribution is -2.25. The Morgan fingerprint density at radius 2 is 2.00 bits per heavy atom. The Balaban J connectivity index is 2.78. The van der Waals surface area contributed by atoms with Crippen molar-refractivity contribution in [2.24, 2.45) is 5.41 Å². The molecular formula is C12H20ClN3O2S. The number of pyridine rings is 1. The molecule has 1 N–H and O–H groups in total. The van der Waals surface area contributed by atoms with E-state index in [1.165, 1.54) is 20.3 Å². The lowest BCUT2D eigenvalue weighted by molar-refractivity contribution is 0.449. The highest BCUT2D eigenvalue weighted by Crippen LogP contribution is 2.18. The zero-order valence-electron chi connectivity index (χ0n) is 11.6. The summed E-state index contributed by atoms with van der Waals surface area (Å²) < 4.78 is 24.9. The van der Waals surface area contributed by atoms with Crippen molar-refractivity contribution in [2.45, 2.75) is 18.7 Å². The summed E-state index contributed by atoms with van der Waals surface area (Å²) in [6, 6.07) is 3.19. The maximum absolute atomic E-state index is 11.9. The number of rotatable bonds is 6. The van der Waals surface area contributed by atoms with Gasteiger partial charge in [-0.1, -0.05) is 13.8 Å². The minimum Gasteiger partial charge on any atom is -0.369 e. The zero-order chi connectivity index (χ0) is 14.7. The molecule has 0 aromatic carbocycles. The summed E-state index contributed by atoms with van der Waals surface area (Å²) in [6.07, 6.45) is 1.35. The summed E-state index contributed by atoms with van der Waals surface area (Å²) in [5, 5.41) is 3.14. The van der Waals surface area contributed by atoms with Crippen molar-refractivity contribution in [2.75, 3.05) is 31.8 Å². The van der Waals surface area contributed by atoms with Gasteiger partial charge >= 0.3 is 0 Å². The number of nitrogens with zero attached hydrogens (tertiary/aromatic N) is 2. The first-order valence-electron chi connectivity index (χ1n) is 5.87. The summed E-state index contributed by atoms with van der Waals surface area (Å²) in [4.78, 5) is 4.28. The van der Waals surface area contributed by atoms with Crippen LogP contribution in [0.1, 0.15) is 13.8 Å². The van der Waals surface area contributed by atoms with Crippen molar-refractivity contribution in [1.29, 1.82) is 0 Å². The molecule has 0 bridgehead atoms. The number of aromatic nitrogens is 1.